The number of nitrogens with zero attached hydrogens (tertiary/aromatic N) is 1. The van der Waals surface area contributed by atoms with Gasteiger partial charge < -0.3 is 14.8 Å². The van der Waals surface area contributed by atoms with Gasteiger partial charge in [0, 0.05) is 6.54 Å². The van der Waals surface area contributed by atoms with Crippen molar-refractivity contribution in [3.8, 4) is 0 Å². The standard InChI is InChI=1S/C7H19N4O3P/c1-3-13-15(12,14-4-2)6-5-11(10)7(8)9/h3-6,10H2,1-2H3,(H3,8,9). The Morgan fingerprint density at radius 3 is 2.20 bits per heavy atom. The predicted octanol–water partition coefficient (Wildman–Crippen LogP) is 0.322. The summed E-state index contributed by atoms with van der Waals surface area (Å²) in [5.41, 5.74) is 5.13. The highest BCUT2D eigenvalue weighted by atomic mass is 31.2. The lowest BCUT2D eigenvalue weighted by Gasteiger charge is -2.20. The molecule has 0 aromatic heterocycles. The van der Waals surface area contributed by atoms with Gasteiger partial charge in [-0.25, -0.2) is 5.84 Å². The maximum Gasteiger partial charge on any atom is 0.332 e. The highest BCUT2D eigenvalue weighted by Gasteiger charge is 2.24. The Balaban J connectivity index is 4.18. The van der Waals surface area contributed by atoms with Crippen molar-refractivity contribution in [2.24, 2.45) is 11.6 Å². The summed E-state index contributed by atoms with van der Waals surface area (Å²) < 4.78 is 22.0. The SMILES string of the molecule is CCOP(=O)(CCN(N)C(=N)N)OCC. The molecule has 0 rings (SSSR count). The molecule has 15 heavy (non-hydrogen) atoms. The number of guanidine groups is 1. The van der Waals surface area contributed by atoms with Crippen LogP contribution < -0.4 is 11.6 Å². The van der Waals surface area contributed by atoms with Crippen LogP contribution in [0.15, 0.2) is 0 Å². The summed E-state index contributed by atoms with van der Waals surface area (Å²) in [4.78, 5) is 0. The monoisotopic (exact) mass is 238 g/mol. The van der Waals surface area contributed by atoms with E-state index < -0.39 is 7.60 Å². The summed E-state index contributed by atoms with van der Waals surface area (Å²) in [6.45, 7) is 4.24. The summed E-state index contributed by atoms with van der Waals surface area (Å²) in [5.74, 6) is 5.08. The molecule has 0 aliphatic carbocycles. The molecule has 0 aromatic carbocycles. The fraction of sp³-hybridized carbons (Fsp3) is 0.857. The molecule has 0 heterocycles. The zero-order valence-corrected chi connectivity index (χ0v) is 10.00. The Bertz CT molecular complexity index is 238. The van der Waals surface area contributed by atoms with Gasteiger partial charge in [-0.3, -0.25) is 15.0 Å². The summed E-state index contributed by atoms with van der Waals surface area (Å²) >= 11 is 0. The highest BCUT2D eigenvalue weighted by Crippen LogP contribution is 2.47. The van der Waals surface area contributed by atoms with Crippen molar-refractivity contribution in [1.82, 2.24) is 5.01 Å². The van der Waals surface area contributed by atoms with Gasteiger partial charge in [0.2, 0.25) is 5.96 Å². The van der Waals surface area contributed by atoms with E-state index >= 15 is 0 Å². The molecule has 0 saturated heterocycles. The average molecular weight is 238 g/mol. The number of hydrogen-bond donors (Lipinski definition) is 3. The Hall–Kier alpha value is -0.620. The molecule has 0 amide bonds. The van der Waals surface area contributed by atoms with Gasteiger partial charge in [0.15, 0.2) is 0 Å². The van der Waals surface area contributed by atoms with Crippen LogP contribution in [0.4, 0.5) is 0 Å². The second kappa shape index (κ2) is 6.79. The van der Waals surface area contributed by atoms with Gasteiger partial charge in [0.05, 0.1) is 19.4 Å². The first-order chi connectivity index (χ1) is 6.95. The van der Waals surface area contributed by atoms with Crippen molar-refractivity contribution < 1.29 is 13.6 Å². The van der Waals surface area contributed by atoms with Gasteiger partial charge in [-0.15, -0.1) is 0 Å². The maximum atomic E-state index is 11.9. The van der Waals surface area contributed by atoms with E-state index in [1.807, 2.05) is 0 Å². The predicted molar refractivity (Wildman–Crippen MR) is 58.5 cm³/mol. The summed E-state index contributed by atoms with van der Waals surface area (Å²) in [7, 11) is -3.09. The van der Waals surface area contributed by atoms with E-state index in [1.54, 1.807) is 13.8 Å². The molecular formula is C7H19N4O3P. The first-order valence-electron chi connectivity index (χ1n) is 4.69. The molecule has 0 fully saturated rings. The van der Waals surface area contributed by atoms with Gasteiger partial charge in [0.25, 0.3) is 0 Å². The van der Waals surface area contributed by atoms with Crippen molar-refractivity contribution in [3.63, 3.8) is 0 Å². The van der Waals surface area contributed by atoms with E-state index in [-0.39, 0.29) is 18.7 Å². The lowest BCUT2D eigenvalue weighted by Crippen LogP contribution is -2.43. The molecule has 0 radical (unpaired) electrons. The van der Waals surface area contributed by atoms with E-state index in [9.17, 15) is 4.57 Å². The topological polar surface area (TPSA) is 115 Å². The molecular weight excluding hydrogens is 219 g/mol. The van der Waals surface area contributed by atoms with Crippen molar-refractivity contribution in [1.29, 1.82) is 5.41 Å². The molecule has 0 spiro atoms. The van der Waals surface area contributed by atoms with Crippen LogP contribution in [0.25, 0.3) is 0 Å². The van der Waals surface area contributed by atoms with Crippen molar-refractivity contribution in [2.45, 2.75) is 13.8 Å². The molecule has 0 aliphatic heterocycles. The van der Waals surface area contributed by atoms with Crippen LogP contribution in [0, 0.1) is 5.41 Å². The quantitative estimate of drug-likeness (QED) is 0.193. The third-order valence-corrected chi connectivity index (χ3v) is 3.63. The largest absolute Gasteiger partial charge is 0.369 e. The van der Waals surface area contributed by atoms with Gasteiger partial charge in [-0.05, 0) is 13.8 Å². The average Bonchev–Trinajstić information content (AvgIpc) is 2.15. The van der Waals surface area contributed by atoms with Crippen molar-refractivity contribution in [2.75, 3.05) is 25.9 Å². The Morgan fingerprint density at radius 2 is 1.87 bits per heavy atom. The lowest BCUT2D eigenvalue weighted by atomic mass is 10.7. The fourth-order valence-electron chi connectivity index (χ4n) is 0.910. The van der Waals surface area contributed by atoms with Gasteiger partial charge in [-0.2, -0.15) is 0 Å². The van der Waals surface area contributed by atoms with E-state index in [2.05, 4.69) is 0 Å². The van der Waals surface area contributed by atoms with Crippen LogP contribution in [0.5, 0.6) is 0 Å². The molecule has 0 aromatic rings. The molecule has 7 nitrogen and oxygen atoms in total. The fourth-order valence-corrected chi connectivity index (χ4v) is 2.49. The van der Waals surface area contributed by atoms with Crippen LogP contribution in [0.3, 0.4) is 0 Å². The summed E-state index contributed by atoms with van der Waals surface area (Å²) in [6.07, 6.45) is 0.116. The van der Waals surface area contributed by atoms with Crippen LogP contribution in [0.1, 0.15) is 13.8 Å². The van der Waals surface area contributed by atoms with Gasteiger partial charge >= 0.3 is 7.60 Å². The maximum absolute atomic E-state index is 11.9. The number of nitrogens with one attached hydrogen (secondary N) is 1. The number of rotatable bonds is 7. The van der Waals surface area contributed by atoms with E-state index in [4.69, 9.17) is 26.0 Å². The van der Waals surface area contributed by atoms with Gasteiger partial charge in [0.1, 0.15) is 0 Å². The summed E-state index contributed by atoms with van der Waals surface area (Å²) in [5, 5.41) is 8.01. The third-order valence-electron chi connectivity index (χ3n) is 1.58. The minimum atomic E-state index is -3.09. The zero-order chi connectivity index (χ0) is 11.9. The number of hydrazine groups is 1. The minimum Gasteiger partial charge on any atom is -0.369 e. The Morgan fingerprint density at radius 1 is 1.40 bits per heavy atom. The Labute approximate surface area is 89.7 Å². The van der Waals surface area contributed by atoms with Crippen molar-refractivity contribution in [3.05, 3.63) is 0 Å². The second-order valence-corrected chi connectivity index (χ2v) is 4.93. The summed E-state index contributed by atoms with van der Waals surface area (Å²) in [6, 6.07) is 0. The normalized spacial score (nSPS) is 11.4. The molecule has 0 saturated carbocycles. The van der Waals surface area contributed by atoms with E-state index in [0.29, 0.717) is 13.2 Å². The molecule has 0 aliphatic rings. The molecule has 0 atom stereocenters. The van der Waals surface area contributed by atoms with Crippen LogP contribution in [-0.2, 0) is 13.6 Å². The van der Waals surface area contributed by atoms with Crippen molar-refractivity contribution >= 4 is 13.6 Å². The molecule has 90 valence electrons. The molecule has 5 N–H and O–H groups in total. The first kappa shape index (κ1) is 14.4. The molecule has 0 bridgehead atoms. The smallest absolute Gasteiger partial charge is 0.332 e. The number of nitrogens with two attached hydrogens (primary N) is 2. The van der Waals surface area contributed by atoms with E-state index in [0.717, 1.165) is 5.01 Å². The van der Waals surface area contributed by atoms with Crippen LogP contribution >= 0.6 is 7.60 Å². The number of hydrogen-bond acceptors (Lipinski definition) is 5. The second-order valence-electron chi connectivity index (χ2n) is 2.75. The third kappa shape index (κ3) is 5.74. The molecule has 0 unspecified atom stereocenters. The zero-order valence-electron chi connectivity index (χ0n) is 9.10. The van der Waals surface area contributed by atoms with Crippen LogP contribution in [0.2, 0.25) is 0 Å². The Kier molecular flexibility index (Phi) is 6.51. The molecule has 8 heteroatoms. The minimum absolute atomic E-state index is 0.116. The highest BCUT2D eigenvalue weighted by molar-refractivity contribution is 7.53. The lowest BCUT2D eigenvalue weighted by molar-refractivity contribution is 0.218. The first-order valence-corrected chi connectivity index (χ1v) is 6.42. The van der Waals surface area contributed by atoms with Crippen LogP contribution in [-0.4, -0.2) is 36.9 Å². The van der Waals surface area contributed by atoms with Gasteiger partial charge in [-0.1, -0.05) is 0 Å². The van der Waals surface area contributed by atoms with E-state index in [1.165, 1.54) is 0 Å².